The number of ketones is 2. The highest BCUT2D eigenvalue weighted by Gasteiger charge is 2.74. The number of nitrogens with two attached hydrogens (primary N) is 1. The van der Waals surface area contributed by atoms with Crippen LogP contribution in [0.5, 0.6) is 5.75 Å². The molecule has 46 heavy (non-hydrogen) atoms. The number of rotatable bonds is 5. The fourth-order valence-electron chi connectivity index (χ4n) is 9.60. The molecule has 4 aliphatic carbocycles. The van der Waals surface area contributed by atoms with Crippen LogP contribution < -0.4 is 5.73 Å². The number of allylic oxidation sites excluding steroid dienone is 4. The minimum absolute atomic E-state index is 0.00260. The van der Waals surface area contributed by atoms with Gasteiger partial charge in [0.2, 0.25) is 0 Å². The third kappa shape index (κ3) is 4.44. The zero-order valence-electron chi connectivity index (χ0n) is 25.8. The van der Waals surface area contributed by atoms with Gasteiger partial charge in [-0.25, -0.2) is 8.78 Å². The van der Waals surface area contributed by atoms with Gasteiger partial charge in [0.25, 0.3) is 0 Å². The summed E-state index contributed by atoms with van der Waals surface area (Å²) in [6.07, 6.45) is -0.949. The minimum Gasteiger partial charge on any atom is -0.508 e. The lowest BCUT2D eigenvalue weighted by molar-refractivity contribution is -0.195. The van der Waals surface area contributed by atoms with Crippen molar-refractivity contribution < 1.29 is 43.2 Å². The molecule has 3 saturated carbocycles. The molecule has 10 heteroatoms. The predicted molar refractivity (Wildman–Crippen MR) is 164 cm³/mol. The minimum atomic E-state index is -2.27. The number of aliphatic hydroxyl groups excluding tert-OH is 2. The number of hydrogen-bond donors (Lipinski definition) is 4. The van der Waals surface area contributed by atoms with Crippen LogP contribution in [0, 0.1) is 22.7 Å². The van der Waals surface area contributed by atoms with Crippen molar-refractivity contribution in [2.45, 2.75) is 81.9 Å². The van der Waals surface area contributed by atoms with E-state index >= 15 is 8.78 Å². The van der Waals surface area contributed by atoms with E-state index in [0.29, 0.717) is 23.2 Å². The Bertz CT molecular complexity index is 1680. The molecule has 1 spiro atoms. The number of carbonyl (C=O) groups is 2. The van der Waals surface area contributed by atoms with Crippen LogP contribution in [-0.2, 0) is 25.5 Å². The lowest BCUT2D eigenvalue weighted by Crippen LogP contribution is -2.67. The smallest absolute Gasteiger partial charge is 0.189 e. The highest BCUT2D eigenvalue weighted by molar-refractivity contribution is 6.01. The maximum absolute atomic E-state index is 17.6. The average Bonchev–Trinajstić information content (AvgIpc) is 3.52. The van der Waals surface area contributed by atoms with E-state index in [-0.39, 0.29) is 37.0 Å². The van der Waals surface area contributed by atoms with Gasteiger partial charge >= 0.3 is 0 Å². The summed E-state index contributed by atoms with van der Waals surface area (Å²) >= 11 is 0. The fraction of sp³-hybridized carbons (Fsp3) is 0.500. The number of aliphatic hydroxyl groups is 2. The Balaban J connectivity index is 1.21. The van der Waals surface area contributed by atoms with Gasteiger partial charge in [0.1, 0.15) is 24.1 Å². The number of fused-ring (bicyclic) bond motifs is 5. The fourth-order valence-corrected chi connectivity index (χ4v) is 9.60. The molecule has 4 fully saturated rings. The zero-order valence-corrected chi connectivity index (χ0v) is 25.8. The van der Waals surface area contributed by atoms with Crippen LogP contribution >= 0.6 is 0 Å². The molecule has 5 N–H and O–H groups in total. The van der Waals surface area contributed by atoms with E-state index in [4.69, 9.17) is 15.2 Å². The maximum Gasteiger partial charge on any atom is 0.189 e. The summed E-state index contributed by atoms with van der Waals surface area (Å²) in [6.45, 7) is 2.65. The number of halogens is 2. The lowest BCUT2D eigenvalue weighted by Gasteiger charge is -2.61. The van der Waals surface area contributed by atoms with E-state index in [9.17, 15) is 24.9 Å². The molecule has 2 aromatic rings. The van der Waals surface area contributed by atoms with Gasteiger partial charge in [0.15, 0.2) is 29.6 Å². The number of alkyl halides is 2. The molecule has 8 nitrogen and oxygen atoms in total. The van der Waals surface area contributed by atoms with Crippen molar-refractivity contribution in [2.24, 2.45) is 22.7 Å². The molecular weight excluding hydrogens is 596 g/mol. The molecule has 0 aromatic heterocycles. The Morgan fingerprint density at radius 1 is 1.13 bits per heavy atom. The van der Waals surface area contributed by atoms with Crippen molar-refractivity contribution in [3.8, 4) is 5.75 Å². The predicted octanol–water partition coefficient (Wildman–Crippen LogP) is 4.60. The lowest BCUT2D eigenvalue weighted by atomic mass is 9.45. The Labute approximate surface area is 265 Å². The van der Waals surface area contributed by atoms with Crippen LogP contribution in [0.15, 0.2) is 66.3 Å². The highest BCUT2D eigenvalue weighted by atomic mass is 19.1. The Kier molecular flexibility index (Phi) is 7.14. The summed E-state index contributed by atoms with van der Waals surface area (Å²) in [6, 6.07) is 12.4. The SMILES string of the molecule is C[C@]12C[C@H](O)[C@@]3(F)[C@@H](C[C@H](F)C4=CC(=O)C=C[C@@]43C)[C@@H]1C[C@]1(C2)O[C@@H](c2ccc(Cc3cccc(N)c3)c(O)c2)OC1C(=O)CO. The molecule has 0 radical (unpaired) electrons. The quantitative estimate of drug-likeness (QED) is 0.350. The topological polar surface area (TPSA) is 139 Å². The third-order valence-corrected chi connectivity index (χ3v) is 11.7. The molecule has 5 aliphatic rings. The molecular formula is C36H39F2NO7. The summed E-state index contributed by atoms with van der Waals surface area (Å²) in [5, 5.41) is 32.4. The van der Waals surface area contributed by atoms with Gasteiger partial charge in [-0.15, -0.1) is 0 Å². The van der Waals surface area contributed by atoms with Gasteiger partial charge in [-0.05, 0) is 91.0 Å². The average molecular weight is 636 g/mol. The Morgan fingerprint density at radius 3 is 2.63 bits per heavy atom. The third-order valence-electron chi connectivity index (χ3n) is 11.7. The van der Waals surface area contributed by atoms with Crippen molar-refractivity contribution in [3.63, 3.8) is 0 Å². The molecule has 1 unspecified atom stereocenters. The number of Topliss-reactive ketones (excluding diaryl/α,β-unsaturated/α-hetero) is 1. The van der Waals surface area contributed by atoms with Crippen LogP contribution in [0.2, 0.25) is 0 Å². The molecule has 1 heterocycles. The van der Waals surface area contributed by atoms with Gasteiger partial charge in [-0.3, -0.25) is 9.59 Å². The van der Waals surface area contributed by atoms with E-state index in [1.165, 1.54) is 18.2 Å². The van der Waals surface area contributed by atoms with Crippen LogP contribution in [0.25, 0.3) is 0 Å². The summed E-state index contributed by atoms with van der Waals surface area (Å²) in [7, 11) is 0. The first-order valence-electron chi connectivity index (χ1n) is 15.8. The molecule has 0 bridgehead atoms. The van der Waals surface area contributed by atoms with E-state index < -0.39 is 76.8 Å². The maximum atomic E-state index is 17.6. The Hall–Kier alpha value is -3.44. The number of carbonyl (C=O) groups excluding carboxylic acids is 2. The van der Waals surface area contributed by atoms with Crippen molar-refractivity contribution in [2.75, 3.05) is 12.3 Å². The van der Waals surface area contributed by atoms with Gasteiger partial charge in [0.05, 0.1) is 6.10 Å². The van der Waals surface area contributed by atoms with Crippen molar-refractivity contribution in [1.82, 2.24) is 0 Å². The number of phenols is 1. The molecule has 2 aromatic carbocycles. The molecule has 7 rings (SSSR count). The van der Waals surface area contributed by atoms with E-state index in [1.54, 1.807) is 25.1 Å². The number of phenolic OH excluding ortho intramolecular Hbond substituents is 1. The van der Waals surface area contributed by atoms with E-state index in [2.05, 4.69) is 0 Å². The van der Waals surface area contributed by atoms with Gasteiger partial charge in [0, 0.05) is 29.0 Å². The summed E-state index contributed by atoms with van der Waals surface area (Å²) in [5.74, 6) is -2.46. The zero-order chi connectivity index (χ0) is 32.8. The number of nitrogen functional groups attached to an aromatic ring is 1. The second-order valence-corrected chi connectivity index (χ2v) is 14.4. The number of anilines is 1. The highest BCUT2D eigenvalue weighted by Crippen LogP contribution is 2.71. The molecule has 0 amide bonds. The summed E-state index contributed by atoms with van der Waals surface area (Å²) < 4.78 is 46.2. The van der Waals surface area contributed by atoms with Crippen molar-refractivity contribution in [1.29, 1.82) is 0 Å². The van der Waals surface area contributed by atoms with E-state index in [1.807, 2.05) is 25.1 Å². The molecule has 1 saturated heterocycles. The van der Waals surface area contributed by atoms with Crippen LogP contribution in [-0.4, -0.2) is 63.1 Å². The van der Waals surface area contributed by atoms with Crippen LogP contribution in [0.3, 0.4) is 0 Å². The normalized spacial score (nSPS) is 41.2. The first kappa shape index (κ1) is 31.2. The van der Waals surface area contributed by atoms with Crippen LogP contribution in [0.4, 0.5) is 14.5 Å². The summed E-state index contributed by atoms with van der Waals surface area (Å²) in [4.78, 5) is 25.3. The second-order valence-electron chi connectivity index (χ2n) is 14.4. The van der Waals surface area contributed by atoms with Crippen LogP contribution in [0.1, 0.15) is 62.5 Å². The number of benzene rings is 2. The molecule has 10 atom stereocenters. The Morgan fingerprint density at radius 2 is 1.91 bits per heavy atom. The van der Waals surface area contributed by atoms with Crippen molar-refractivity contribution in [3.05, 3.63) is 83.0 Å². The van der Waals surface area contributed by atoms with Gasteiger partial charge in [-0.2, -0.15) is 0 Å². The number of hydrogen-bond acceptors (Lipinski definition) is 8. The first-order valence-corrected chi connectivity index (χ1v) is 15.8. The number of ether oxygens (including phenoxy) is 2. The summed E-state index contributed by atoms with van der Waals surface area (Å²) in [5.41, 5.74) is 2.75. The second kappa shape index (κ2) is 10.5. The number of aromatic hydroxyl groups is 1. The van der Waals surface area contributed by atoms with E-state index in [0.717, 1.165) is 11.6 Å². The van der Waals surface area contributed by atoms with Crippen molar-refractivity contribution >= 4 is 17.3 Å². The largest absolute Gasteiger partial charge is 0.508 e. The molecule has 1 aliphatic heterocycles. The van der Waals surface area contributed by atoms with Gasteiger partial charge < -0.3 is 30.5 Å². The monoisotopic (exact) mass is 635 g/mol. The molecule has 244 valence electrons. The standard InChI is InChI=1S/C36H39F2NO7/c1-33-16-30(44)36(38)24(14-27(37)25-13-23(41)8-9-34(25,36)2)26(33)15-35(18-33)31(29(43)17-40)45-32(46-35)21-7-6-20(28(42)12-21)10-19-4-3-5-22(39)11-19/h3-9,11-13,24,26-27,30-32,40,42,44H,10,14-18,39H2,1-2H3/t24-,26-,27-,30-,31?,32-,33+,34-,35+,36-/m0/s1. The first-order chi connectivity index (χ1) is 21.7. The van der Waals surface area contributed by atoms with Gasteiger partial charge in [-0.1, -0.05) is 37.3 Å².